The maximum atomic E-state index is 8.79. The molecular formula is C9H13NO4. The van der Waals surface area contributed by atoms with Gasteiger partial charge in [-0.3, -0.25) is 0 Å². The fourth-order valence-electron chi connectivity index (χ4n) is 1.84. The fourth-order valence-corrected chi connectivity index (χ4v) is 1.84. The Hall–Kier alpha value is -0.670. The van der Waals surface area contributed by atoms with Crippen LogP contribution in [-0.2, 0) is 18.9 Å². The topological polar surface area (TPSA) is 60.7 Å². The van der Waals surface area contributed by atoms with Crippen LogP contribution in [0.2, 0.25) is 0 Å². The van der Waals surface area contributed by atoms with Gasteiger partial charge in [-0.05, 0) is 13.8 Å². The molecule has 0 aliphatic carbocycles. The number of nitriles is 1. The first-order valence-electron chi connectivity index (χ1n) is 4.51. The quantitative estimate of drug-likeness (QED) is 0.611. The van der Waals surface area contributed by atoms with Crippen molar-refractivity contribution in [3.8, 4) is 6.07 Å². The fraction of sp³-hybridized carbons (Fsp3) is 0.889. The molecule has 2 rings (SSSR count). The van der Waals surface area contributed by atoms with Gasteiger partial charge >= 0.3 is 0 Å². The third-order valence-electron chi connectivity index (χ3n) is 2.39. The van der Waals surface area contributed by atoms with E-state index in [1.54, 1.807) is 0 Å². The highest BCUT2D eigenvalue weighted by Crippen LogP contribution is 2.38. The van der Waals surface area contributed by atoms with Crippen molar-refractivity contribution in [2.24, 2.45) is 0 Å². The van der Waals surface area contributed by atoms with Gasteiger partial charge in [-0.2, -0.15) is 5.26 Å². The highest BCUT2D eigenvalue weighted by molar-refractivity contribution is 5.03. The molecule has 0 N–H and O–H groups in total. The number of hydrogen-bond donors (Lipinski definition) is 0. The zero-order chi connectivity index (χ0) is 10.3. The molecule has 5 nitrogen and oxygen atoms in total. The Bertz CT molecular complexity index is 272. The molecule has 0 bridgehead atoms. The first-order chi connectivity index (χ1) is 6.57. The second-order valence-electron chi connectivity index (χ2n) is 3.85. The highest BCUT2D eigenvalue weighted by atomic mass is 16.8. The van der Waals surface area contributed by atoms with Crippen molar-refractivity contribution in [3.63, 3.8) is 0 Å². The van der Waals surface area contributed by atoms with Crippen molar-refractivity contribution in [2.75, 3.05) is 7.11 Å². The molecule has 0 spiro atoms. The monoisotopic (exact) mass is 199 g/mol. The van der Waals surface area contributed by atoms with Crippen molar-refractivity contribution >= 4 is 0 Å². The Morgan fingerprint density at radius 2 is 2.07 bits per heavy atom. The summed E-state index contributed by atoms with van der Waals surface area (Å²) < 4.78 is 21.6. The molecule has 0 aromatic heterocycles. The number of methoxy groups -OCH3 is 1. The Labute approximate surface area is 82.5 Å². The van der Waals surface area contributed by atoms with Crippen LogP contribution in [0.5, 0.6) is 0 Å². The molecular weight excluding hydrogens is 186 g/mol. The average molecular weight is 199 g/mol. The molecule has 5 heteroatoms. The predicted molar refractivity (Wildman–Crippen MR) is 45.1 cm³/mol. The maximum absolute atomic E-state index is 8.79. The summed E-state index contributed by atoms with van der Waals surface area (Å²) in [6, 6.07) is 2.01. The summed E-state index contributed by atoms with van der Waals surface area (Å²) in [5.41, 5.74) is 0. The zero-order valence-corrected chi connectivity index (χ0v) is 8.39. The number of fused-ring (bicyclic) bond motifs is 1. The van der Waals surface area contributed by atoms with Crippen molar-refractivity contribution in [2.45, 2.75) is 44.2 Å². The van der Waals surface area contributed by atoms with Crippen LogP contribution in [-0.4, -0.2) is 37.5 Å². The first kappa shape index (κ1) is 9.87. The Morgan fingerprint density at radius 3 is 2.64 bits per heavy atom. The lowest BCUT2D eigenvalue weighted by Crippen LogP contribution is -2.35. The zero-order valence-electron chi connectivity index (χ0n) is 8.39. The van der Waals surface area contributed by atoms with Crippen LogP contribution >= 0.6 is 0 Å². The van der Waals surface area contributed by atoms with E-state index in [9.17, 15) is 0 Å². The van der Waals surface area contributed by atoms with Crippen LogP contribution in [0.4, 0.5) is 0 Å². The minimum atomic E-state index is -0.660. The summed E-state index contributed by atoms with van der Waals surface area (Å²) in [6.07, 6.45) is -1.77. The van der Waals surface area contributed by atoms with Gasteiger partial charge < -0.3 is 18.9 Å². The standard InChI is InChI=1S/C9H13NO4/c1-9(2)13-7-6(11-3)5(4-10)12-8(7)14-9/h5-8H,1-3H3/t5-,6+,7-,8-/m1/s1. The SMILES string of the molecule is CO[C@@H]1[C@H]2OC(C)(C)O[C@H]2O[C@@H]1C#N. The van der Waals surface area contributed by atoms with Gasteiger partial charge in [-0.25, -0.2) is 0 Å². The molecule has 2 saturated heterocycles. The molecule has 0 aromatic rings. The van der Waals surface area contributed by atoms with E-state index < -0.39 is 18.2 Å². The highest BCUT2D eigenvalue weighted by Gasteiger charge is 2.55. The van der Waals surface area contributed by atoms with E-state index in [1.807, 2.05) is 19.9 Å². The van der Waals surface area contributed by atoms with Gasteiger partial charge in [0.25, 0.3) is 0 Å². The molecule has 2 aliphatic heterocycles. The van der Waals surface area contributed by atoms with Crippen LogP contribution in [0.15, 0.2) is 0 Å². The minimum Gasteiger partial charge on any atom is -0.375 e. The second kappa shape index (κ2) is 3.17. The summed E-state index contributed by atoms with van der Waals surface area (Å²) in [5, 5.41) is 8.79. The van der Waals surface area contributed by atoms with Gasteiger partial charge in [0.2, 0.25) is 0 Å². The van der Waals surface area contributed by atoms with Crippen LogP contribution in [0.3, 0.4) is 0 Å². The smallest absolute Gasteiger partial charge is 0.191 e. The predicted octanol–water partition coefficient (Wildman–Crippen LogP) is 0.401. The van der Waals surface area contributed by atoms with Crippen LogP contribution < -0.4 is 0 Å². The van der Waals surface area contributed by atoms with Crippen LogP contribution in [0.25, 0.3) is 0 Å². The summed E-state index contributed by atoms with van der Waals surface area (Å²) in [6.45, 7) is 3.62. The molecule has 0 saturated carbocycles. The van der Waals surface area contributed by atoms with E-state index in [0.717, 1.165) is 0 Å². The normalized spacial score (nSPS) is 44.7. The molecule has 2 aliphatic rings. The van der Waals surface area contributed by atoms with Gasteiger partial charge in [0.1, 0.15) is 12.2 Å². The summed E-state index contributed by atoms with van der Waals surface area (Å²) in [4.78, 5) is 0. The lowest BCUT2D eigenvalue weighted by atomic mass is 10.1. The van der Waals surface area contributed by atoms with Gasteiger partial charge in [-0.1, -0.05) is 0 Å². The van der Waals surface area contributed by atoms with Gasteiger partial charge in [0, 0.05) is 7.11 Å². The Morgan fingerprint density at radius 1 is 1.36 bits per heavy atom. The number of rotatable bonds is 1. The molecule has 0 amide bonds. The van der Waals surface area contributed by atoms with Crippen molar-refractivity contribution < 1.29 is 18.9 Å². The molecule has 0 radical (unpaired) electrons. The van der Waals surface area contributed by atoms with Crippen LogP contribution in [0, 0.1) is 11.3 Å². The second-order valence-corrected chi connectivity index (χ2v) is 3.85. The largest absolute Gasteiger partial charge is 0.375 e. The van der Waals surface area contributed by atoms with E-state index in [1.165, 1.54) is 7.11 Å². The third-order valence-corrected chi connectivity index (χ3v) is 2.39. The van der Waals surface area contributed by atoms with Gasteiger partial charge in [-0.15, -0.1) is 0 Å². The van der Waals surface area contributed by atoms with E-state index in [0.29, 0.717) is 0 Å². The lowest BCUT2D eigenvalue weighted by Gasteiger charge is -2.21. The van der Waals surface area contributed by atoms with E-state index in [4.69, 9.17) is 24.2 Å². The molecule has 78 valence electrons. The number of nitrogens with zero attached hydrogens (tertiary/aromatic N) is 1. The summed E-state index contributed by atoms with van der Waals surface area (Å²) >= 11 is 0. The molecule has 2 heterocycles. The van der Waals surface area contributed by atoms with Crippen LogP contribution in [0.1, 0.15) is 13.8 Å². The maximum Gasteiger partial charge on any atom is 0.191 e. The third kappa shape index (κ3) is 1.41. The lowest BCUT2D eigenvalue weighted by molar-refractivity contribution is -0.209. The first-order valence-corrected chi connectivity index (χ1v) is 4.51. The van der Waals surface area contributed by atoms with Gasteiger partial charge in [0.15, 0.2) is 18.2 Å². The number of ether oxygens (including phenoxy) is 4. The van der Waals surface area contributed by atoms with E-state index >= 15 is 0 Å². The summed E-state index contributed by atoms with van der Waals surface area (Å²) in [5.74, 6) is -0.660. The summed E-state index contributed by atoms with van der Waals surface area (Å²) in [7, 11) is 1.54. The van der Waals surface area contributed by atoms with E-state index in [-0.39, 0.29) is 12.2 Å². The van der Waals surface area contributed by atoms with E-state index in [2.05, 4.69) is 0 Å². The average Bonchev–Trinajstić information content (AvgIpc) is 2.55. The minimum absolute atomic E-state index is 0.306. The molecule has 0 aromatic carbocycles. The molecule has 2 fully saturated rings. The molecule has 14 heavy (non-hydrogen) atoms. The molecule has 4 atom stereocenters. The van der Waals surface area contributed by atoms with Crippen molar-refractivity contribution in [1.29, 1.82) is 5.26 Å². The Kier molecular flexibility index (Phi) is 2.24. The molecule has 0 unspecified atom stereocenters. The van der Waals surface area contributed by atoms with Crippen molar-refractivity contribution in [3.05, 3.63) is 0 Å². The van der Waals surface area contributed by atoms with Crippen molar-refractivity contribution in [1.82, 2.24) is 0 Å². The van der Waals surface area contributed by atoms with Gasteiger partial charge in [0.05, 0.1) is 6.07 Å². The Balaban J connectivity index is 2.14. The number of hydrogen-bond acceptors (Lipinski definition) is 5.